The third kappa shape index (κ3) is 2.99. The maximum absolute atomic E-state index is 12.0. The predicted molar refractivity (Wildman–Crippen MR) is 66.6 cm³/mol. The van der Waals surface area contributed by atoms with E-state index in [1.165, 1.54) is 0 Å². The van der Waals surface area contributed by atoms with E-state index in [0.29, 0.717) is 24.3 Å². The summed E-state index contributed by atoms with van der Waals surface area (Å²) in [5, 5.41) is 13.1. The molecule has 4 nitrogen and oxygen atoms in total. The number of rotatable bonds is 4. The Morgan fingerprint density at radius 3 is 2.82 bits per heavy atom. The lowest BCUT2D eigenvalue weighted by molar-refractivity contribution is -0.130. The Morgan fingerprint density at radius 2 is 2.18 bits per heavy atom. The summed E-state index contributed by atoms with van der Waals surface area (Å²) in [6.07, 6.45) is 2.41. The molecule has 1 saturated carbocycles. The molecule has 0 aromatic carbocycles. The first-order valence-corrected chi connectivity index (χ1v) is 6.77. The molecular formula is C13H24N2O2. The zero-order chi connectivity index (χ0) is 12.4. The van der Waals surface area contributed by atoms with Crippen LogP contribution in [0, 0.1) is 11.8 Å². The number of nitrogens with one attached hydrogen (secondary N) is 1. The van der Waals surface area contributed by atoms with Crippen LogP contribution in [0.25, 0.3) is 0 Å². The van der Waals surface area contributed by atoms with Crippen LogP contribution < -0.4 is 5.32 Å². The van der Waals surface area contributed by atoms with E-state index in [1.807, 2.05) is 4.90 Å². The highest BCUT2D eigenvalue weighted by molar-refractivity contribution is 5.76. The van der Waals surface area contributed by atoms with Gasteiger partial charge in [0.2, 0.25) is 5.91 Å². The number of carbonyl (C=O) groups is 1. The molecule has 0 spiro atoms. The van der Waals surface area contributed by atoms with Crippen molar-refractivity contribution in [3.05, 3.63) is 0 Å². The van der Waals surface area contributed by atoms with E-state index in [1.54, 1.807) is 0 Å². The molecule has 1 heterocycles. The Balaban J connectivity index is 1.75. The highest BCUT2D eigenvalue weighted by atomic mass is 16.3. The Kier molecular flexibility index (Phi) is 4.05. The lowest BCUT2D eigenvalue weighted by atomic mass is 10.00. The number of nitrogens with zero attached hydrogens (tertiary/aromatic N) is 1. The van der Waals surface area contributed by atoms with Gasteiger partial charge in [-0.2, -0.15) is 0 Å². The molecule has 98 valence electrons. The summed E-state index contributed by atoms with van der Waals surface area (Å²) in [5.41, 5.74) is 0. The van der Waals surface area contributed by atoms with E-state index in [0.717, 1.165) is 32.5 Å². The molecule has 4 heteroatoms. The van der Waals surface area contributed by atoms with Crippen molar-refractivity contribution >= 4 is 5.91 Å². The van der Waals surface area contributed by atoms with Gasteiger partial charge in [0.25, 0.3) is 0 Å². The van der Waals surface area contributed by atoms with Crippen molar-refractivity contribution < 1.29 is 9.90 Å². The minimum absolute atomic E-state index is 0.174. The minimum Gasteiger partial charge on any atom is -0.393 e. The van der Waals surface area contributed by atoms with E-state index in [-0.39, 0.29) is 12.0 Å². The SMILES string of the molecule is CC(C)NCCC(=O)N1CC2CCC(O)C2C1. The summed E-state index contributed by atoms with van der Waals surface area (Å²) in [6, 6.07) is 0.433. The lowest BCUT2D eigenvalue weighted by Gasteiger charge is -2.19. The third-order valence-electron chi connectivity index (χ3n) is 4.06. The molecule has 3 atom stereocenters. The number of aliphatic hydroxyl groups is 1. The molecule has 1 aliphatic heterocycles. The van der Waals surface area contributed by atoms with E-state index < -0.39 is 0 Å². The Hall–Kier alpha value is -0.610. The van der Waals surface area contributed by atoms with Crippen LogP contribution in [0.15, 0.2) is 0 Å². The predicted octanol–water partition coefficient (Wildman–Crippen LogP) is 0.604. The summed E-state index contributed by atoms with van der Waals surface area (Å²) in [5.74, 6) is 1.13. The average Bonchev–Trinajstić information content (AvgIpc) is 2.81. The number of fused-ring (bicyclic) bond motifs is 1. The van der Waals surface area contributed by atoms with Gasteiger partial charge in [0.05, 0.1) is 6.10 Å². The van der Waals surface area contributed by atoms with Crippen molar-refractivity contribution in [2.75, 3.05) is 19.6 Å². The minimum atomic E-state index is -0.174. The van der Waals surface area contributed by atoms with Gasteiger partial charge in [0.15, 0.2) is 0 Å². The number of amides is 1. The molecule has 2 aliphatic rings. The number of carbonyl (C=O) groups excluding carboxylic acids is 1. The van der Waals surface area contributed by atoms with E-state index in [9.17, 15) is 9.90 Å². The van der Waals surface area contributed by atoms with Crippen LogP contribution in [-0.4, -0.2) is 47.7 Å². The Bertz CT molecular complexity index is 281. The molecule has 1 saturated heterocycles. The maximum Gasteiger partial charge on any atom is 0.223 e. The molecule has 0 bridgehead atoms. The van der Waals surface area contributed by atoms with Crippen LogP contribution in [-0.2, 0) is 4.79 Å². The molecule has 1 aliphatic carbocycles. The fourth-order valence-electron chi connectivity index (χ4n) is 3.07. The van der Waals surface area contributed by atoms with Crippen molar-refractivity contribution in [1.82, 2.24) is 10.2 Å². The van der Waals surface area contributed by atoms with Gasteiger partial charge in [-0.3, -0.25) is 4.79 Å². The van der Waals surface area contributed by atoms with Gasteiger partial charge in [0, 0.05) is 38.0 Å². The van der Waals surface area contributed by atoms with Crippen molar-refractivity contribution in [3.8, 4) is 0 Å². The average molecular weight is 240 g/mol. The van der Waals surface area contributed by atoms with Crippen LogP contribution in [0.2, 0.25) is 0 Å². The number of likely N-dealkylation sites (tertiary alicyclic amines) is 1. The second-order valence-corrected chi connectivity index (χ2v) is 5.73. The Labute approximate surface area is 103 Å². The number of hydrogen-bond acceptors (Lipinski definition) is 3. The van der Waals surface area contributed by atoms with Gasteiger partial charge in [-0.15, -0.1) is 0 Å². The first-order valence-electron chi connectivity index (χ1n) is 6.77. The summed E-state index contributed by atoms with van der Waals surface area (Å²) in [4.78, 5) is 13.9. The maximum atomic E-state index is 12.0. The summed E-state index contributed by atoms with van der Waals surface area (Å²) >= 11 is 0. The van der Waals surface area contributed by atoms with Gasteiger partial charge < -0.3 is 15.3 Å². The number of aliphatic hydroxyl groups excluding tert-OH is 1. The summed E-state index contributed by atoms with van der Waals surface area (Å²) < 4.78 is 0. The van der Waals surface area contributed by atoms with Gasteiger partial charge in [0.1, 0.15) is 0 Å². The van der Waals surface area contributed by atoms with Gasteiger partial charge >= 0.3 is 0 Å². The van der Waals surface area contributed by atoms with Crippen molar-refractivity contribution in [2.24, 2.45) is 11.8 Å². The van der Waals surface area contributed by atoms with Crippen molar-refractivity contribution in [1.29, 1.82) is 0 Å². The molecule has 2 fully saturated rings. The molecule has 0 aromatic rings. The fraction of sp³-hybridized carbons (Fsp3) is 0.923. The fourth-order valence-corrected chi connectivity index (χ4v) is 3.07. The van der Waals surface area contributed by atoms with Crippen LogP contribution >= 0.6 is 0 Å². The molecular weight excluding hydrogens is 216 g/mol. The van der Waals surface area contributed by atoms with Crippen LogP contribution in [0.5, 0.6) is 0 Å². The largest absolute Gasteiger partial charge is 0.393 e. The highest BCUT2D eigenvalue weighted by Crippen LogP contribution is 2.38. The van der Waals surface area contributed by atoms with Crippen molar-refractivity contribution in [3.63, 3.8) is 0 Å². The van der Waals surface area contributed by atoms with Crippen LogP contribution in [0.1, 0.15) is 33.1 Å². The lowest BCUT2D eigenvalue weighted by Crippen LogP contribution is -2.34. The third-order valence-corrected chi connectivity index (χ3v) is 4.06. The van der Waals surface area contributed by atoms with E-state index in [4.69, 9.17) is 0 Å². The molecule has 0 radical (unpaired) electrons. The highest BCUT2D eigenvalue weighted by Gasteiger charge is 2.42. The zero-order valence-corrected chi connectivity index (χ0v) is 10.9. The summed E-state index contributed by atoms with van der Waals surface area (Å²) in [6.45, 7) is 6.56. The molecule has 3 unspecified atom stereocenters. The Morgan fingerprint density at radius 1 is 1.41 bits per heavy atom. The molecule has 2 rings (SSSR count). The number of hydrogen-bond donors (Lipinski definition) is 2. The van der Waals surface area contributed by atoms with Crippen LogP contribution in [0.3, 0.4) is 0 Å². The zero-order valence-electron chi connectivity index (χ0n) is 10.9. The molecule has 1 amide bonds. The van der Waals surface area contributed by atoms with Gasteiger partial charge in [-0.25, -0.2) is 0 Å². The smallest absolute Gasteiger partial charge is 0.223 e. The second-order valence-electron chi connectivity index (χ2n) is 5.73. The summed E-state index contributed by atoms with van der Waals surface area (Å²) in [7, 11) is 0. The first-order chi connectivity index (χ1) is 8.08. The van der Waals surface area contributed by atoms with Gasteiger partial charge in [-0.1, -0.05) is 13.8 Å². The molecule has 2 N–H and O–H groups in total. The monoisotopic (exact) mass is 240 g/mol. The quantitative estimate of drug-likeness (QED) is 0.757. The normalized spacial score (nSPS) is 32.2. The molecule has 17 heavy (non-hydrogen) atoms. The standard InChI is InChI=1S/C13H24N2O2/c1-9(2)14-6-5-13(17)15-7-10-3-4-12(16)11(10)8-15/h9-12,14,16H,3-8H2,1-2H3. The first kappa shape index (κ1) is 12.8. The van der Waals surface area contributed by atoms with Crippen LogP contribution in [0.4, 0.5) is 0 Å². The van der Waals surface area contributed by atoms with E-state index in [2.05, 4.69) is 19.2 Å². The van der Waals surface area contributed by atoms with Gasteiger partial charge in [-0.05, 0) is 18.8 Å². The van der Waals surface area contributed by atoms with E-state index >= 15 is 0 Å². The van der Waals surface area contributed by atoms with Crippen molar-refractivity contribution in [2.45, 2.75) is 45.3 Å². The molecule has 0 aromatic heterocycles. The topological polar surface area (TPSA) is 52.6 Å². The second kappa shape index (κ2) is 5.36.